The van der Waals surface area contributed by atoms with Gasteiger partial charge in [-0.1, -0.05) is 13.8 Å². The van der Waals surface area contributed by atoms with E-state index in [2.05, 4.69) is 31.1 Å². The highest BCUT2D eigenvalue weighted by molar-refractivity contribution is 6.17. The molecule has 1 N–H and O–H groups in total. The van der Waals surface area contributed by atoms with Crippen LogP contribution in [0.1, 0.15) is 20.3 Å². The van der Waals surface area contributed by atoms with Crippen LogP contribution in [0.25, 0.3) is 0 Å². The average Bonchev–Trinajstić information content (AvgIpc) is 2.17. The predicted octanol–water partition coefficient (Wildman–Crippen LogP) is 1.56. The van der Waals surface area contributed by atoms with E-state index in [4.69, 9.17) is 16.3 Å². The number of rotatable bonds is 6. The van der Waals surface area contributed by atoms with Crippen molar-refractivity contribution in [2.45, 2.75) is 26.4 Å². The fourth-order valence-corrected chi connectivity index (χ4v) is 2.42. The number of nitrogens with zero attached hydrogens (tertiary/aromatic N) is 1. The van der Waals surface area contributed by atoms with Gasteiger partial charge in [-0.2, -0.15) is 0 Å². The van der Waals surface area contributed by atoms with Gasteiger partial charge >= 0.3 is 0 Å². The van der Waals surface area contributed by atoms with Crippen LogP contribution < -0.4 is 5.32 Å². The average molecular weight is 249 g/mol. The monoisotopic (exact) mass is 248 g/mol. The molecule has 0 amide bonds. The van der Waals surface area contributed by atoms with Crippen molar-refractivity contribution in [2.75, 3.05) is 45.7 Å². The lowest BCUT2D eigenvalue weighted by atomic mass is 9.90. The molecule has 16 heavy (non-hydrogen) atoms. The van der Waals surface area contributed by atoms with Gasteiger partial charge in [-0.25, -0.2) is 0 Å². The van der Waals surface area contributed by atoms with Crippen LogP contribution in [-0.4, -0.2) is 56.7 Å². The van der Waals surface area contributed by atoms with Crippen LogP contribution in [0.2, 0.25) is 0 Å². The molecule has 1 unspecified atom stereocenters. The summed E-state index contributed by atoms with van der Waals surface area (Å²) in [6.45, 7) is 9.37. The van der Waals surface area contributed by atoms with Crippen LogP contribution >= 0.6 is 11.6 Å². The number of morpholine rings is 1. The van der Waals surface area contributed by atoms with Gasteiger partial charge in [0, 0.05) is 32.1 Å². The van der Waals surface area contributed by atoms with Gasteiger partial charge in [0.1, 0.15) is 0 Å². The molecular formula is C12H25ClN2O. The van der Waals surface area contributed by atoms with Gasteiger partial charge in [0.25, 0.3) is 0 Å². The molecule has 1 aliphatic heterocycles. The summed E-state index contributed by atoms with van der Waals surface area (Å²) in [4.78, 5) is 2.32. The second kappa shape index (κ2) is 6.80. The maximum absolute atomic E-state index is 5.77. The third-order valence-electron chi connectivity index (χ3n) is 3.09. The molecule has 0 aromatic rings. The molecule has 96 valence electrons. The summed E-state index contributed by atoms with van der Waals surface area (Å²) >= 11 is 5.77. The van der Waals surface area contributed by atoms with Crippen molar-refractivity contribution < 1.29 is 4.74 Å². The Balaban J connectivity index is 2.14. The number of hydrogen-bond acceptors (Lipinski definition) is 3. The summed E-state index contributed by atoms with van der Waals surface area (Å²) in [5.74, 6) is 0.733. The molecular weight excluding hydrogens is 224 g/mol. The Morgan fingerprint density at radius 2 is 2.25 bits per heavy atom. The number of hydrogen-bond donors (Lipinski definition) is 1. The maximum Gasteiger partial charge on any atom is 0.0826 e. The van der Waals surface area contributed by atoms with Gasteiger partial charge in [-0.3, -0.25) is 0 Å². The van der Waals surface area contributed by atoms with Crippen LogP contribution in [0, 0.1) is 5.41 Å². The highest BCUT2D eigenvalue weighted by Gasteiger charge is 2.20. The van der Waals surface area contributed by atoms with Crippen LogP contribution in [0.3, 0.4) is 0 Å². The van der Waals surface area contributed by atoms with Crippen molar-refractivity contribution in [3.63, 3.8) is 0 Å². The summed E-state index contributed by atoms with van der Waals surface area (Å²) in [6.07, 6.45) is 1.39. The van der Waals surface area contributed by atoms with Crippen molar-refractivity contribution in [3.8, 4) is 0 Å². The lowest BCUT2D eigenvalue weighted by Gasteiger charge is -2.31. The Kier molecular flexibility index (Phi) is 6.05. The maximum atomic E-state index is 5.77. The molecule has 0 radical (unpaired) electrons. The zero-order chi connectivity index (χ0) is 12.0. The number of ether oxygens (including phenoxy) is 1. The highest BCUT2D eigenvalue weighted by atomic mass is 35.5. The molecule has 0 aromatic heterocycles. The van der Waals surface area contributed by atoms with E-state index in [1.807, 2.05) is 0 Å². The molecule has 1 aliphatic rings. The van der Waals surface area contributed by atoms with E-state index in [0.29, 0.717) is 6.10 Å². The zero-order valence-electron chi connectivity index (χ0n) is 10.8. The topological polar surface area (TPSA) is 24.5 Å². The first-order chi connectivity index (χ1) is 7.53. The minimum atomic E-state index is 0.280. The molecule has 0 aromatic carbocycles. The van der Waals surface area contributed by atoms with Gasteiger partial charge < -0.3 is 15.0 Å². The first-order valence-electron chi connectivity index (χ1n) is 6.10. The van der Waals surface area contributed by atoms with Crippen molar-refractivity contribution in [2.24, 2.45) is 5.41 Å². The molecule has 1 fully saturated rings. The molecule has 3 nitrogen and oxygen atoms in total. The summed E-state index contributed by atoms with van der Waals surface area (Å²) < 4.78 is 5.69. The second-order valence-corrected chi connectivity index (χ2v) is 5.87. The highest BCUT2D eigenvalue weighted by Crippen LogP contribution is 2.19. The number of nitrogens with one attached hydrogen (secondary N) is 1. The molecule has 0 saturated carbocycles. The van der Waals surface area contributed by atoms with E-state index in [-0.39, 0.29) is 5.41 Å². The van der Waals surface area contributed by atoms with Gasteiger partial charge in [0.2, 0.25) is 0 Å². The molecule has 4 heteroatoms. The van der Waals surface area contributed by atoms with Crippen molar-refractivity contribution in [1.82, 2.24) is 10.2 Å². The Bertz CT molecular complexity index is 199. The lowest BCUT2D eigenvalue weighted by Crippen LogP contribution is -2.46. The van der Waals surface area contributed by atoms with Gasteiger partial charge in [-0.05, 0) is 18.9 Å². The van der Waals surface area contributed by atoms with Gasteiger partial charge in [-0.15, -0.1) is 11.6 Å². The van der Waals surface area contributed by atoms with Gasteiger partial charge in [0.05, 0.1) is 12.7 Å². The van der Waals surface area contributed by atoms with E-state index in [9.17, 15) is 0 Å². The largest absolute Gasteiger partial charge is 0.374 e. The fraction of sp³-hybridized carbons (Fsp3) is 1.00. The van der Waals surface area contributed by atoms with E-state index in [1.54, 1.807) is 0 Å². The first-order valence-corrected chi connectivity index (χ1v) is 6.64. The molecule has 0 bridgehead atoms. The van der Waals surface area contributed by atoms with E-state index < -0.39 is 0 Å². The van der Waals surface area contributed by atoms with E-state index in [0.717, 1.165) is 45.1 Å². The Morgan fingerprint density at radius 3 is 2.88 bits per heavy atom. The third-order valence-corrected chi connectivity index (χ3v) is 3.28. The van der Waals surface area contributed by atoms with Crippen molar-refractivity contribution >= 4 is 11.6 Å². The van der Waals surface area contributed by atoms with Crippen LogP contribution in [0.15, 0.2) is 0 Å². The molecule has 0 spiro atoms. The van der Waals surface area contributed by atoms with Crippen LogP contribution in [-0.2, 0) is 4.74 Å². The summed E-state index contributed by atoms with van der Waals surface area (Å²) in [5, 5.41) is 3.49. The molecule has 1 saturated heterocycles. The minimum absolute atomic E-state index is 0.280. The SMILES string of the molecule is CN1CCOC(CNCC(C)(C)CCCl)C1. The van der Waals surface area contributed by atoms with E-state index in [1.165, 1.54) is 0 Å². The predicted molar refractivity (Wildman–Crippen MR) is 69.2 cm³/mol. The summed E-state index contributed by atoms with van der Waals surface area (Å²) in [6, 6.07) is 0. The lowest BCUT2D eigenvalue weighted by molar-refractivity contribution is -0.0188. The number of alkyl halides is 1. The normalized spacial score (nSPS) is 23.6. The zero-order valence-corrected chi connectivity index (χ0v) is 11.5. The summed E-state index contributed by atoms with van der Waals surface area (Å²) in [5.41, 5.74) is 0.280. The smallest absolute Gasteiger partial charge is 0.0826 e. The van der Waals surface area contributed by atoms with Crippen molar-refractivity contribution in [1.29, 1.82) is 0 Å². The van der Waals surface area contributed by atoms with E-state index >= 15 is 0 Å². The third kappa shape index (κ3) is 5.48. The molecule has 1 heterocycles. The molecule has 1 atom stereocenters. The van der Waals surface area contributed by atoms with Crippen LogP contribution in [0.4, 0.5) is 0 Å². The standard InChI is InChI=1S/C12H25ClN2O/c1-12(2,4-5-13)10-14-8-11-9-15(3)6-7-16-11/h11,14H,4-10H2,1-3H3. The second-order valence-electron chi connectivity index (χ2n) is 5.49. The fourth-order valence-electron chi connectivity index (χ4n) is 1.91. The van der Waals surface area contributed by atoms with Crippen molar-refractivity contribution in [3.05, 3.63) is 0 Å². The molecule has 0 aliphatic carbocycles. The quantitative estimate of drug-likeness (QED) is 0.723. The minimum Gasteiger partial charge on any atom is -0.374 e. The Morgan fingerprint density at radius 1 is 1.50 bits per heavy atom. The number of likely N-dealkylation sites (N-methyl/N-ethyl adjacent to an activating group) is 1. The Labute approximate surface area is 104 Å². The Hall–Kier alpha value is 0.170. The van der Waals surface area contributed by atoms with Gasteiger partial charge in [0.15, 0.2) is 0 Å². The van der Waals surface area contributed by atoms with Crippen LogP contribution in [0.5, 0.6) is 0 Å². The molecule has 1 rings (SSSR count). The first kappa shape index (κ1) is 14.2. The number of halogens is 1. The summed E-state index contributed by atoms with van der Waals surface area (Å²) in [7, 11) is 2.15.